The number of benzene rings is 1. The molecule has 2 aromatic rings. The molecule has 1 heterocycles. The minimum Gasteiger partial charge on any atom is -0.351 e. The van der Waals surface area contributed by atoms with Crippen LogP contribution in [-0.2, 0) is 16.8 Å². The van der Waals surface area contributed by atoms with Gasteiger partial charge < -0.3 is 10.2 Å². The number of carbonyl (C=O) groups is 2. The fourth-order valence-electron chi connectivity index (χ4n) is 3.42. The minimum atomic E-state index is -0.401. The summed E-state index contributed by atoms with van der Waals surface area (Å²) in [6, 6.07) is 11.5. The fraction of sp³-hybridized carbons (Fsp3) is 0.400. The lowest BCUT2D eigenvalue weighted by Crippen LogP contribution is -2.36. The first kappa shape index (κ1) is 17.7. The molecule has 5 heteroatoms. The molecular formula is C20H24N2O2S. The van der Waals surface area contributed by atoms with Crippen LogP contribution >= 0.6 is 11.3 Å². The number of hydrogen-bond donors (Lipinski definition) is 1. The summed E-state index contributed by atoms with van der Waals surface area (Å²) in [4.78, 5) is 27.5. The molecule has 1 aliphatic rings. The van der Waals surface area contributed by atoms with Crippen LogP contribution in [0.2, 0.25) is 0 Å². The van der Waals surface area contributed by atoms with E-state index in [0.717, 1.165) is 16.9 Å². The van der Waals surface area contributed by atoms with Gasteiger partial charge in [0.15, 0.2) is 0 Å². The van der Waals surface area contributed by atoms with Crippen molar-refractivity contribution in [2.75, 3.05) is 14.1 Å². The predicted molar refractivity (Wildman–Crippen MR) is 101 cm³/mol. The molecule has 1 fully saturated rings. The van der Waals surface area contributed by atoms with Gasteiger partial charge in [0, 0.05) is 31.1 Å². The van der Waals surface area contributed by atoms with Crippen LogP contribution in [0.4, 0.5) is 0 Å². The summed E-state index contributed by atoms with van der Waals surface area (Å²) in [5.41, 5.74) is 1.23. The van der Waals surface area contributed by atoms with Crippen LogP contribution < -0.4 is 5.32 Å². The molecule has 0 spiro atoms. The van der Waals surface area contributed by atoms with E-state index < -0.39 is 5.41 Å². The first-order valence-electron chi connectivity index (χ1n) is 8.41. The van der Waals surface area contributed by atoms with Crippen LogP contribution in [0.1, 0.15) is 41.1 Å². The van der Waals surface area contributed by atoms with Crippen LogP contribution in [0.5, 0.6) is 0 Å². The van der Waals surface area contributed by atoms with Gasteiger partial charge in [-0.1, -0.05) is 32.0 Å². The summed E-state index contributed by atoms with van der Waals surface area (Å²) in [6.07, 6.45) is 0.878. The van der Waals surface area contributed by atoms with Gasteiger partial charge in [-0.2, -0.15) is 0 Å². The monoisotopic (exact) mass is 356 g/mol. The Labute approximate surface area is 152 Å². The molecule has 1 N–H and O–H groups in total. The highest BCUT2D eigenvalue weighted by Crippen LogP contribution is 2.65. The average Bonchev–Trinajstić information content (AvgIpc) is 2.94. The lowest BCUT2D eigenvalue weighted by molar-refractivity contribution is -0.124. The Morgan fingerprint density at radius 3 is 2.28 bits per heavy atom. The second-order valence-electron chi connectivity index (χ2n) is 7.52. The quantitative estimate of drug-likeness (QED) is 0.892. The number of thiophene rings is 1. The highest BCUT2D eigenvalue weighted by atomic mass is 32.1. The van der Waals surface area contributed by atoms with E-state index in [1.54, 1.807) is 42.5 Å². The van der Waals surface area contributed by atoms with Gasteiger partial charge in [0.25, 0.3) is 5.91 Å². The Hall–Kier alpha value is -2.14. The lowest BCUT2D eigenvalue weighted by atomic mass is 9.93. The normalized spacial score (nSPS) is 20.8. The summed E-state index contributed by atoms with van der Waals surface area (Å²) < 4.78 is 0. The lowest BCUT2D eigenvalue weighted by Gasteiger charge is -2.19. The minimum absolute atomic E-state index is 0.01000. The zero-order valence-electron chi connectivity index (χ0n) is 15.1. The number of nitrogens with one attached hydrogen (secondary N) is 1. The zero-order valence-corrected chi connectivity index (χ0v) is 15.9. The summed E-state index contributed by atoms with van der Waals surface area (Å²) in [6.45, 7) is 4.76. The molecule has 2 amide bonds. The van der Waals surface area contributed by atoms with Crippen molar-refractivity contribution in [1.29, 1.82) is 0 Å². The fourth-order valence-corrected chi connectivity index (χ4v) is 4.52. The number of hydrogen-bond acceptors (Lipinski definition) is 3. The van der Waals surface area contributed by atoms with E-state index in [-0.39, 0.29) is 17.2 Å². The van der Waals surface area contributed by atoms with E-state index in [0.29, 0.717) is 12.1 Å². The molecule has 0 saturated heterocycles. The Bertz CT molecular complexity index is 779. The Balaban J connectivity index is 1.68. The third kappa shape index (κ3) is 3.09. The van der Waals surface area contributed by atoms with Gasteiger partial charge in [-0.05, 0) is 41.0 Å². The molecule has 25 heavy (non-hydrogen) atoms. The van der Waals surface area contributed by atoms with E-state index >= 15 is 0 Å². The first-order valence-corrected chi connectivity index (χ1v) is 9.29. The summed E-state index contributed by atoms with van der Waals surface area (Å²) in [5, 5.41) is 5.12. The van der Waals surface area contributed by atoms with Crippen LogP contribution in [-0.4, -0.2) is 30.8 Å². The highest BCUT2D eigenvalue weighted by Gasteiger charge is 2.67. The topological polar surface area (TPSA) is 49.4 Å². The van der Waals surface area contributed by atoms with Gasteiger partial charge in [0.1, 0.15) is 0 Å². The predicted octanol–water partition coefficient (Wildman–Crippen LogP) is 3.43. The average molecular weight is 356 g/mol. The summed E-state index contributed by atoms with van der Waals surface area (Å²) >= 11 is 1.65. The van der Waals surface area contributed by atoms with Crippen LogP contribution in [0.25, 0.3) is 0 Å². The molecule has 0 aliphatic heterocycles. The van der Waals surface area contributed by atoms with Crippen molar-refractivity contribution in [2.45, 2.75) is 32.2 Å². The van der Waals surface area contributed by atoms with E-state index in [9.17, 15) is 9.59 Å². The van der Waals surface area contributed by atoms with Crippen molar-refractivity contribution in [2.24, 2.45) is 5.41 Å². The van der Waals surface area contributed by atoms with Crippen LogP contribution in [0.3, 0.4) is 0 Å². The van der Waals surface area contributed by atoms with Crippen molar-refractivity contribution in [3.05, 3.63) is 57.8 Å². The molecule has 0 radical (unpaired) electrons. The molecule has 1 aromatic heterocycles. The summed E-state index contributed by atoms with van der Waals surface area (Å²) in [5.74, 6) is 0.0698. The standard InChI is InChI=1S/C20H24N2O2S/c1-19(2)13-20(19,16-6-5-11-25-16)18(24)21-12-14-7-9-15(10-8-14)17(23)22(3)4/h5-11H,12-13H2,1-4H3,(H,21,24)/t20-/m1/s1. The number of nitrogens with zero attached hydrogens (tertiary/aromatic N) is 1. The SMILES string of the molecule is CN(C)C(=O)c1ccc(CNC(=O)[C@]2(c3cccs3)CC2(C)C)cc1. The van der Waals surface area contributed by atoms with E-state index in [1.165, 1.54) is 0 Å². The molecule has 1 aliphatic carbocycles. The maximum Gasteiger partial charge on any atom is 0.253 e. The molecule has 4 nitrogen and oxygen atoms in total. The number of carbonyl (C=O) groups excluding carboxylic acids is 2. The molecular weight excluding hydrogens is 332 g/mol. The number of amides is 2. The maximum absolute atomic E-state index is 12.9. The van der Waals surface area contributed by atoms with Gasteiger partial charge in [0.05, 0.1) is 5.41 Å². The number of rotatable bonds is 5. The van der Waals surface area contributed by atoms with Crippen molar-refractivity contribution in [3.63, 3.8) is 0 Å². The van der Waals surface area contributed by atoms with Crippen molar-refractivity contribution < 1.29 is 9.59 Å². The van der Waals surface area contributed by atoms with Gasteiger partial charge in [-0.3, -0.25) is 9.59 Å². The maximum atomic E-state index is 12.9. The summed E-state index contributed by atoms with van der Waals surface area (Å²) in [7, 11) is 3.47. The first-order chi connectivity index (χ1) is 11.8. The second-order valence-corrected chi connectivity index (χ2v) is 8.47. The highest BCUT2D eigenvalue weighted by molar-refractivity contribution is 7.10. The molecule has 1 aromatic carbocycles. The van der Waals surface area contributed by atoms with Gasteiger partial charge in [-0.15, -0.1) is 11.3 Å². The zero-order chi connectivity index (χ0) is 18.2. The second kappa shape index (κ2) is 6.30. The van der Waals surface area contributed by atoms with Gasteiger partial charge >= 0.3 is 0 Å². The van der Waals surface area contributed by atoms with Crippen molar-refractivity contribution in [1.82, 2.24) is 10.2 Å². The molecule has 0 unspecified atom stereocenters. The molecule has 1 atom stereocenters. The van der Waals surface area contributed by atoms with Crippen molar-refractivity contribution in [3.8, 4) is 0 Å². The van der Waals surface area contributed by atoms with E-state index in [1.807, 2.05) is 23.6 Å². The van der Waals surface area contributed by atoms with Gasteiger partial charge in [-0.25, -0.2) is 0 Å². The van der Waals surface area contributed by atoms with E-state index in [2.05, 4.69) is 25.2 Å². The Morgan fingerprint density at radius 1 is 1.16 bits per heavy atom. The van der Waals surface area contributed by atoms with Crippen LogP contribution in [0, 0.1) is 5.41 Å². The Kier molecular flexibility index (Phi) is 4.45. The molecule has 132 valence electrons. The van der Waals surface area contributed by atoms with Crippen LogP contribution in [0.15, 0.2) is 41.8 Å². The van der Waals surface area contributed by atoms with E-state index in [4.69, 9.17) is 0 Å². The smallest absolute Gasteiger partial charge is 0.253 e. The molecule has 0 bridgehead atoms. The molecule has 1 saturated carbocycles. The molecule has 3 rings (SSSR count). The van der Waals surface area contributed by atoms with Gasteiger partial charge in [0.2, 0.25) is 5.91 Å². The third-order valence-electron chi connectivity index (χ3n) is 5.13. The third-order valence-corrected chi connectivity index (χ3v) is 6.16. The van der Waals surface area contributed by atoms with Crippen molar-refractivity contribution >= 4 is 23.2 Å². The Morgan fingerprint density at radius 2 is 1.80 bits per heavy atom. The largest absolute Gasteiger partial charge is 0.351 e.